The number of rotatable bonds is 3. The standard InChI is InChI=1S/C15H14F3NO/c1-19(2)14-9-4-3-8-13(14)11-6-5-7-12(10-11)20-15(16,17)18/h3-10H,1-2H3. The van der Waals surface area contributed by atoms with Gasteiger partial charge >= 0.3 is 6.36 Å². The van der Waals surface area contributed by atoms with Gasteiger partial charge < -0.3 is 9.64 Å². The molecule has 0 atom stereocenters. The van der Waals surface area contributed by atoms with Gasteiger partial charge in [-0.2, -0.15) is 0 Å². The number of anilines is 1. The Hall–Kier alpha value is -2.17. The number of para-hydroxylation sites is 1. The number of hydrogen-bond acceptors (Lipinski definition) is 2. The van der Waals surface area contributed by atoms with Crippen LogP contribution in [0, 0.1) is 0 Å². The van der Waals surface area contributed by atoms with Gasteiger partial charge in [-0.1, -0.05) is 30.3 Å². The summed E-state index contributed by atoms with van der Waals surface area (Å²) in [5, 5.41) is 0. The van der Waals surface area contributed by atoms with Crippen LogP contribution in [0.5, 0.6) is 5.75 Å². The van der Waals surface area contributed by atoms with Crippen molar-refractivity contribution in [1.29, 1.82) is 0 Å². The second-order valence-electron chi connectivity index (χ2n) is 4.49. The zero-order chi connectivity index (χ0) is 14.8. The minimum atomic E-state index is -4.68. The Balaban J connectivity index is 2.41. The summed E-state index contributed by atoms with van der Waals surface area (Å²) < 4.78 is 40.7. The minimum absolute atomic E-state index is 0.219. The second kappa shape index (κ2) is 5.45. The maximum atomic E-state index is 12.3. The molecular formula is C15H14F3NO. The smallest absolute Gasteiger partial charge is 0.406 e. The van der Waals surface area contributed by atoms with Crippen molar-refractivity contribution >= 4 is 5.69 Å². The van der Waals surface area contributed by atoms with Crippen LogP contribution in [0.1, 0.15) is 0 Å². The summed E-state index contributed by atoms with van der Waals surface area (Å²) in [6, 6.07) is 13.5. The summed E-state index contributed by atoms with van der Waals surface area (Å²) in [5.41, 5.74) is 2.46. The van der Waals surface area contributed by atoms with Gasteiger partial charge in [-0.25, -0.2) is 0 Å². The van der Waals surface area contributed by atoms with Crippen LogP contribution in [0.25, 0.3) is 11.1 Å². The van der Waals surface area contributed by atoms with E-state index in [2.05, 4.69) is 4.74 Å². The van der Waals surface area contributed by atoms with Crippen molar-refractivity contribution in [3.8, 4) is 16.9 Å². The fraction of sp³-hybridized carbons (Fsp3) is 0.200. The quantitative estimate of drug-likeness (QED) is 0.830. The van der Waals surface area contributed by atoms with Crippen LogP contribution < -0.4 is 9.64 Å². The third kappa shape index (κ3) is 3.44. The number of nitrogens with zero attached hydrogens (tertiary/aromatic N) is 1. The first-order chi connectivity index (χ1) is 9.37. The SMILES string of the molecule is CN(C)c1ccccc1-c1cccc(OC(F)(F)F)c1. The van der Waals surface area contributed by atoms with Crippen LogP contribution in [0.4, 0.5) is 18.9 Å². The lowest BCUT2D eigenvalue weighted by Crippen LogP contribution is -2.17. The van der Waals surface area contributed by atoms with Crippen molar-refractivity contribution in [2.75, 3.05) is 19.0 Å². The average molecular weight is 281 g/mol. The van der Waals surface area contributed by atoms with E-state index in [1.54, 1.807) is 12.1 Å². The zero-order valence-electron chi connectivity index (χ0n) is 11.1. The Bertz CT molecular complexity index is 594. The molecule has 0 aliphatic carbocycles. The van der Waals surface area contributed by atoms with Crippen molar-refractivity contribution in [2.45, 2.75) is 6.36 Å². The Kier molecular flexibility index (Phi) is 3.88. The topological polar surface area (TPSA) is 12.5 Å². The van der Waals surface area contributed by atoms with Gasteiger partial charge in [-0.05, 0) is 23.8 Å². The molecule has 0 bridgehead atoms. The summed E-state index contributed by atoms with van der Waals surface area (Å²) in [7, 11) is 3.77. The lowest BCUT2D eigenvalue weighted by atomic mass is 10.0. The maximum absolute atomic E-state index is 12.3. The molecule has 0 spiro atoms. The first-order valence-corrected chi connectivity index (χ1v) is 5.99. The van der Waals surface area contributed by atoms with E-state index in [0.717, 1.165) is 11.3 Å². The molecule has 0 amide bonds. The van der Waals surface area contributed by atoms with Crippen LogP contribution >= 0.6 is 0 Å². The number of alkyl halides is 3. The molecule has 2 aromatic rings. The Labute approximate surface area is 115 Å². The molecule has 20 heavy (non-hydrogen) atoms. The minimum Gasteiger partial charge on any atom is -0.406 e. The summed E-state index contributed by atoms with van der Waals surface area (Å²) >= 11 is 0. The highest BCUT2D eigenvalue weighted by molar-refractivity contribution is 5.78. The van der Waals surface area contributed by atoms with Crippen molar-refractivity contribution in [2.24, 2.45) is 0 Å². The predicted octanol–water partition coefficient (Wildman–Crippen LogP) is 4.32. The number of halogens is 3. The van der Waals surface area contributed by atoms with Crippen molar-refractivity contribution in [3.05, 3.63) is 48.5 Å². The fourth-order valence-electron chi connectivity index (χ4n) is 1.97. The van der Waals surface area contributed by atoms with E-state index in [1.165, 1.54) is 12.1 Å². The molecule has 2 nitrogen and oxygen atoms in total. The van der Waals surface area contributed by atoms with Gasteiger partial charge in [0.25, 0.3) is 0 Å². The van der Waals surface area contributed by atoms with Gasteiger partial charge in [0.2, 0.25) is 0 Å². The van der Waals surface area contributed by atoms with E-state index >= 15 is 0 Å². The molecule has 0 aliphatic rings. The molecule has 0 saturated heterocycles. The Morgan fingerprint density at radius 1 is 0.950 bits per heavy atom. The van der Waals surface area contributed by atoms with Crippen LogP contribution in [0.15, 0.2) is 48.5 Å². The Morgan fingerprint density at radius 2 is 1.65 bits per heavy atom. The lowest BCUT2D eigenvalue weighted by Gasteiger charge is -2.18. The molecule has 0 fully saturated rings. The number of benzene rings is 2. The molecule has 0 aliphatic heterocycles. The molecule has 106 valence electrons. The third-order valence-electron chi connectivity index (χ3n) is 2.76. The molecule has 0 N–H and O–H groups in total. The van der Waals surface area contributed by atoms with E-state index < -0.39 is 6.36 Å². The summed E-state index contributed by atoms with van der Waals surface area (Å²) in [5.74, 6) is -0.219. The van der Waals surface area contributed by atoms with E-state index in [1.807, 2.05) is 43.3 Å². The molecule has 0 saturated carbocycles. The van der Waals surface area contributed by atoms with Gasteiger partial charge in [-0.15, -0.1) is 13.2 Å². The van der Waals surface area contributed by atoms with E-state index in [0.29, 0.717) is 5.56 Å². The summed E-state index contributed by atoms with van der Waals surface area (Å²) in [6.45, 7) is 0. The number of hydrogen-bond donors (Lipinski definition) is 0. The van der Waals surface area contributed by atoms with Crippen LogP contribution in [-0.2, 0) is 0 Å². The molecule has 0 radical (unpaired) electrons. The van der Waals surface area contributed by atoms with Crippen molar-refractivity contribution < 1.29 is 17.9 Å². The predicted molar refractivity (Wildman–Crippen MR) is 72.9 cm³/mol. The van der Waals surface area contributed by atoms with Crippen molar-refractivity contribution in [1.82, 2.24) is 0 Å². The highest BCUT2D eigenvalue weighted by Crippen LogP contribution is 2.33. The second-order valence-corrected chi connectivity index (χ2v) is 4.49. The number of ether oxygens (including phenoxy) is 1. The zero-order valence-corrected chi connectivity index (χ0v) is 11.1. The van der Waals surface area contributed by atoms with E-state index in [9.17, 15) is 13.2 Å². The molecule has 0 heterocycles. The molecule has 0 aromatic heterocycles. The van der Waals surface area contributed by atoms with Gasteiger partial charge in [0, 0.05) is 25.3 Å². The van der Waals surface area contributed by atoms with E-state index in [4.69, 9.17) is 0 Å². The highest BCUT2D eigenvalue weighted by atomic mass is 19.4. The Morgan fingerprint density at radius 3 is 2.30 bits per heavy atom. The van der Waals surface area contributed by atoms with Gasteiger partial charge in [-0.3, -0.25) is 0 Å². The van der Waals surface area contributed by atoms with Crippen molar-refractivity contribution in [3.63, 3.8) is 0 Å². The monoisotopic (exact) mass is 281 g/mol. The van der Waals surface area contributed by atoms with E-state index in [-0.39, 0.29) is 5.75 Å². The highest BCUT2D eigenvalue weighted by Gasteiger charge is 2.31. The molecule has 2 aromatic carbocycles. The molecule has 5 heteroatoms. The first-order valence-electron chi connectivity index (χ1n) is 5.99. The fourth-order valence-corrected chi connectivity index (χ4v) is 1.97. The summed E-state index contributed by atoms with van der Waals surface area (Å²) in [6.07, 6.45) is -4.68. The van der Waals surface area contributed by atoms with Gasteiger partial charge in [0.05, 0.1) is 0 Å². The van der Waals surface area contributed by atoms with Crippen LogP contribution in [-0.4, -0.2) is 20.5 Å². The third-order valence-corrected chi connectivity index (χ3v) is 2.76. The molecule has 0 unspecified atom stereocenters. The largest absolute Gasteiger partial charge is 0.573 e. The van der Waals surface area contributed by atoms with Gasteiger partial charge in [0.1, 0.15) is 5.75 Å². The first kappa shape index (κ1) is 14.2. The molecule has 2 rings (SSSR count). The van der Waals surface area contributed by atoms with Gasteiger partial charge in [0.15, 0.2) is 0 Å². The van der Waals surface area contributed by atoms with Crippen LogP contribution in [0.2, 0.25) is 0 Å². The summed E-state index contributed by atoms with van der Waals surface area (Å²) in [4.78, 5) is 1.91. The van der Waals surface area contributed by atoms with Crippen LogP contribution in [0.3, 0.4) is 0 Å². The lowest BCUT2D eigenvalue weighted by molar-refractivity contribution is -0.274. The average Bonchev–Trinajstić information content (AvgIpc) is 2.37. The maximum Gasteiger partial charge on any atom is 0.573 e. The molecular weight excluding hydrogens is 267 g/mol. The normalized spacial score (nSPS) is 11.2.